The van der Waals surface area contributed by atoms with Crippen molar-refractivity contribution in [3.05, 3.63) is 48.0 Å². The molecule has 0 aliphatic carbocycles. The van der Waals surface area contributed by atoms with Crippen molar-refractivity contribution in [2.75, 3.05) is 13.1 Å². The van der Waals surface area contributed by atoms with E-state index in [4.69, 9.17) is 0 Å². The lowest BCUT2D eigenvalue weighted by Crippen LogP contribution is -2.57. The molecule has 1 heterocycles. The van der Waals surface area contributed by atoms with Gasteiger partial charge in [0.1, 0.15) is 5.67 Å². The lowest BCUT2D eigenvalue weighted by molar-refractivity contribution is 0.0912. The standard InChI is InChI=1S/C14H14FN/c15-14(9-16-10-14)8-11-5-6-12-3-1-2-4-13(12)7-11/h1-7,16H,8-10H2. The van der Waals surface area contributed by atoms with E-state index in [0.717, 1.165) is 5.56 Å². The van der Waals surface area contributed by atoms with Gasteiger partial charge in [-0.2, -0.15) is 0 Å². The molecule has 1 saturated heterocycles. The van der Waals surface area contributed by atoms with Crippen LogP contribution in [0, 0.1) is 0 Å². The quantitative estimate of drug-likeness (QED) is 0.812. The zero-order valence-electron chi connectivity index (χ0n) is 9.04. The maximum atomic E-state index is 13.9. The molecule has 0 bridgehead atoms. The maximum Gasteiger partial charge on any atom is 0.139 e. The zero-order valence-corrected chi connectivity index (χ0v) is 9.04. The average Bonchev–Trinajstić information content (AvgIpc) is 2.27. The summed E-state index contributed by atoms with van der Waals surface area (Å²) >= 11 is 0. The van der Waals surface area contributed by atoms with Crippen molar-refractivity contribution in [3.8, 4) is 0 Å². The van der Waals surface area contributed by atoms with E-state index in [1.165, 1.54) is 10.8 Å². The van der Waals surface area contributed by atoms with E-state index < -0.39 is 5.67 Å². The van der Waals surface area contributed by atoms with Crippen molar-refractivity contribution in [1.82, 2.24) is 5.32 Å². The monoisotopic (exact) mass is 215 g/mol. The summed E-state index contributed by atoms with van der Waals surface area (Å²) in [6.45, 7) is 0.972. The number of halogens is 1. The van der Waals surface area contributed by atoms with Gasteiger partial charge in [-0.15, -0.1) is 0 Å². The highest BCUT2D eigenvalue weighted by Gasteiger charge is 2.36. The Morgan fingerprint density at radius 2 is 1.81 bits per heavy atom. The topological polar surface area (TPSA) is 12.0 Å². The van der Waals surface area contributed by atoms with Crippen LogP contribution in [0.25, 0.3) is 10.8 Å². The molecular formula is C14H14FN. The molecule has 16 heavy (non-hydrogen) atoms. The van der Waals surface area contributed by atoms with Gasteiger partial charge in [-0.25, -0.2) is 4.39 Å². The molecule has 0 atom stereocenters. The first-order valence-electron chi connectivity index (χ1n) is 5.63. The predicted molar refractivity (Wildman–Crippen MR) is 64.4 cm³/mol. The fourth-order valence-corrected chi connectivity index (χ4v) is 2.24. The summed E-state index contributed by atoms with van der Waals surface area (Å²) in [5.74, 6) is 0. The van der Waals surface area contributed by atoms with Gasteiger partial charge in [-0.05, 0) is 16.3 Å². The molecular weight excluding hydrogens is 201 g/mol. The second kappa shape index (κ2) is 3.56. The summed E-state index contributed by atoms with van der Waals surface area (Å²) in [6.07, 6.45) is 0.519. The molecule has 0 saturated carbocycles. The number of benzene rings is 2. The minimum Gasteiger partial charge on any atom is -0.310 e. The Morgan fingerprint density at radius 1 is 1.06 bits per heavy atom. The fourth-order valence-electron chi connectivity index (χ4n) is 2.24. The van der Waals surface area contributed by atoms with Crippen LogP contribution in [0.4, 0.5) is 4.39 Å². The highest BCUT2D eigenvalue weighted by molar-refractivity contribution is 5.83. The van der Waals surface area contributed by atoms with Gasteiger partial charge in [0.25, 0.3) is 0 Å². The number of alkyl halides is 1. The number of nitrogens with one attached hydrogen (secondary N) is 1. The van der Waals surface area contributed by atoms with Gasteiger partial charge in [0.2, 0.25) is 0 Å². The number of hydrogen-bond acceptors (Lipinski definition) is 1. The van der Waals surface area contributed by atoms with E-state index in [1.807, 2.05) is 18.2 Å². The largest absolute Gasteiger partial charge is 0.310 e. The molecule has 82 valence electrons. The third-order valence-corrected chi connectivity index (χ3v) is 3.22. The summed E-state index contributed by atoms with van der Waals surface area (Å²) in [7, 11) is 0. The molecule has 1 aliphatic heterocycles. The van der Waals surface area contributed by atoms with Crippen LogP contribution in [0.1, 0.15) is 5.56 Å². The molecule has 1 fully saturated rings. The van der Waals surface area contributed by atoms with Crippen molar-refractivity contribution in [2.45, 2.75) is 12.1 Å². The van der Waals surface area contributed by atoms with Gasteiger partial charge in [-0.1, -0.05) is 42.5 Å². The maximum absolute atomic E-state index is 13.9. The Hall–Kier alpha value is -1.41. The number of fused-ring (bicyclic) bond motifs is 1. The van der Waals surface area contributed by atoms with E-state index in [-0.39, 0.29) is 0 Å². The molecule has 0 unspecified atom stereocenters. The van der Waals surface area contributed by atoms with Crippen LogP contribution in [0.3, 0.4) is 0 Å². The van der Waals surface area contributed by atoms with E-state index >= 15 is 0 Å². The molecule has 2 heteroatoms. The van der Waals surface area contributed by atoms with Crippen LogP contribution < -0.4 is 5.32 Å². The summed E-state index contributed by atoms with van der Waals surface area (Å²) in [5.41, 5.74) is 0.0605. The first-order valence-corrected chi connectivity index (χ1v) is 5.63. The molecule has 0 amide bonds. The van der Waals surface area contributed by atoms with Gasteiger partial charge >= 0.3 is 0 Å². The van der Waals surface area contributed by atoms with Crippen LogP contribution in [-0.2, 0) is 6.42 Å². The number of hydrogen-bond donors (Lipinski definition) is 1. The predicted octanol–water partition coefficient (Wildman–Crippen LogP) is 2.69. The summed E-state index contributed by atoms with van der Waals surface area (Å²) in [4.78, 5) is 0. The zero-order chi connectivity index (χ0) is 11.0. The second-order valence-corrected chi connectivity index (χ2v) is 4.61. The van der Waals surface area contributed by atoms with Crippen LogP contribution in [0.15, 0.2) is 42.5 Å². The molecule has 0 radical (unpaired) electrons. The Balaban J connectivity index is 1.93. The van der Waals surface area contributed by atoms with Crippen LogP contribution in [0.5, 0.6) is 0 Å². The molecule has 2 aromatic rings. The third kappa shape index (κ3) is 1.69. The van der Waals surface area contributed by atoms with Gasteiger partial charge < -0.3 is 5.32 Å². The molecule has 0 spiro atoms. The molecule has 3 rings (SSSR count). The minimum atomic E-state index is -1.03. The van der Waals surface area contributed by atoms with E-state index in [1.54, 1.807) is 0 Å². The SMILES string of the molecule is FC1(Cc2ccc3ccccc3c2)CNC1. The van der Waals surface area contributed by atoms with E-state index in [0.29, 0.717) is 19.5 Å². The lowest BCUT2D eigenvalue weighted by Gasteiger charge is -2.35. The Kier molecular flexibility index (Phi) is 2.18. The molecule has 0 aromatic heterocycles. The van der Waals surface area contributed by atoms with Crippen molar-refractivity contribution in [1.29, 1.82) is 0 Å². The smallest absolute Gasteiger partial charge is 0.139 e. The van der Waals surface area contributed by atoms with Crippen molar-refractivity contribution < 1.29 is 4.39 Å². The highest BCUT2D eigenvalue weighted by atomic mass is 19.1. The van der Waals surface area contributed by atoms with E-state index in [9.17, 15) is 4.39 Å². The minimum absolute atomic E-state index is 0.486. The lowest BCUT2D eigenvalue weighted by atomic mass is 9.90. The molecule has 1 aliphatic rings. The Bertz CT molecular complexity index is 517. The Morgan fingerprint density at radius 3 is 2.50 bits per heavy atom. The number of rotatable bonds is 2. The highest BCUT2D eigenvalue weighted by Crippen LogP contribution is 2.24. The average molecular weight is 215 g/mol. The molecule has 1 N–H and O–H groups in total. The van der Waals surface area contributed by atoms with Crippen molar-refractivity contribution in [2.24, 2.45) is 0 Å². The van der Waals surface area contributed by atoms with Gasteiger partial charge in [-0.3, -0.25) is 0 Å². The Labute approximate surface area is 94.3 Å². The summed E-state index contributed by atoms with van der Waals surface area (Å²) < 4.78 is 13.9. The normalized spacial score (nSPS) is 18.3. The van der Waals surface area contributed by atoms with Crippen LogP contribution in [-0.4, -0.2) is 18.8 Å². The first kappa shape index (κ1) is 9.79. The van der Waals surface area contributed by atoms with Gasteiger partial charge in [0.05, 0.1) is 0 Å². The molecule has 1 nitrogen and oxygen atoms in total. The third-order valence-electron chi connectivity index (χ3n) is 3.22. The summed E-state index contributed by atoms with van der Waals surface area (Å²) in [5, 5.41) is 5.39. The summed E-state index contributed by atoms with van der Waals surface area (Å²) in [6, 6.07) is 14.4. The second-order valence-electron chi connectivity index (χ2n) is 4.61. The van der Waals surface area contributed by atoms with Crippen LogP contribution in [0.2, 0.25) is 0 Å². The van der Waals surface area contributed by atoms with Crippen LogP contribution >= 0.6 is 0 Å². The fraction of sp³-hybridized carbons (Fsp3) is 0.286. The van der Waals surface area contributed by atoms with Crippen molar-refractivity contribution in [3.63, 3.8) is 0 Å². The molecule has 2 aromatic carbocycles. The first-order chi connectivity index (χ1) is 7.75. The van der Waals surface area contributed by atoms with E-state index in [2.05, 4.69) is 29.6 Å². The van der Waals surface area contributed by atoms with Gasteiger partial charge in [0.15, 0.2) is 0 Å². The van der Waals surface area contributed by atoms with Gasteiger partial charge in [0, 0.05) is 19.5 Å². The van der Waals surface area contributed by atoms with Crippen molar-refractivity contribution >= 4 is 10.8 Å².